The van der Waals surface area contributed by atoms with Crippen LogP contribution < -0.4 is 10.1 Å². The summed E-state index contributed by atoms with van der Waals surface area (Å²) in [5.41, 5.74) is 2.18. The molecule has 0 saturated carbocycles. The predicted octanol–water partition coefficient (Wildman–Crippen LogP) is 2.02. The zero-order chi connectivity index (χ0) is 16.5. The molecule has 1 aromatic carbocycles. The molecule has 1 aliphatic heterocycles. The van der Waals surface area contributed by atoms with Gasteiger partial charge in [-0.15, -0.1) is 0 Å². The largest absolute Gasteiger partial charge is 0.481 e. The highest BCUT2D eigenvalue weighted by Crippen LogP contribution is 2.09. The molecule has 0 aliphatic carbocycles. The summed E-state index contributed by atoms with van der Waals surface area (Å²) < 4.78 is 5.04. The van der Waals surface area contributed by atoms with Gasteiger partial charge in [-0.25, -0.2) is 4.98 Å². The molecule has 5 heteroatoms. The van der Waals surface area contributed by atoms with Gasteiger partial charge in [0.2, 0.25) is 11.8 Å². The highest BCUT2D eigenvalue weighted by molar-refractivity contribution is 5.78. The number of carbonyl (C=O) groups is 1. The molecule has 1 fully saturated rings. The molecule has 1 N–H and O–H groups in total. The third kappa shape index (κ3) is 5.71. The van der Waals surface area contributed by atoms with Crippen LogP contribution >= 0.6 is 0 Å². The van der Waals surface area contributed by atoms with Gasteiger partial charge in [-0.3, -0.25) is 4.79 Å². The summed E-state index contributed by atoms with van der Waals surface area (Å²) >= 11 is 0. The van der Waals surface area contributed by atoms with E-state index in [4.69, 9.17) is 4.74 Å². The lowest BCUT2D eigenvalue weighted by molar-refractivity contribution is -0.132. The van der Waals surface area contributed by atoms with Crippen molar-refractivity contribution in [1.82, 2.24) is 15.2 Å². The number of carbonyl (C=O) groups excluding carboxylic acids is 1. The first-order valence-electron chi connectivity index (χ1n) is 7.69. The van der Waals surface area contributed by atoms with Gasteiger partial charge in [-0.2, -0.15) is 0 Å². The average molecular weight is 313 g/mol. The summed E-state index contributed by atoms with van der Waals surface area (Å²) in [5.74, 6) is 0.705. The fourth-order valence-electron chi connectivity index (χ4n) is 2.20. The number of ether oxygens (including phenoxy) is 1. The van der Waals surface area contributed by atoms with Crippen LogP contribution in [0.1, 0.15) is 11.3 Å². The standard InChI is InChI=1S/C11H15N3O2.C7H8/c1-16-10-4-2-3-9(13-10)8-14-6-5-12-7-11(14)15;1-7-5-3-2-4-6-7/h2-4,12H,5-8H2,1H3;2-6H,1H3. The van der Waals surface area contributed by atoms with Gasteiger partial charge in [0.1, 0.15) is 0 Å². The van der Waals surface area contributed by atoms with E-state index in [-0.39, 0.29) is 5.91 Å². The average Bonchev–Trinajstić information content (AvgIpc) is 2.58. The molecular formula is C18H23N3O2. The van der Waals surface area contributed by atoms with Crippen LogP contribution in [0.15, 0.2) is 48.5 Å². The number of amides is 1. The van der Waals surface area contributed by atoms with Crippen molar-refractivity contribution >= 4 is 5.91 Å². The number of piperazine rings is 1. The summed E-state index contributed by atoms with van der Waals surface area (Å²) in [4.78, 5) is 17.6. The molecule has 2 heterocycles. The first-order chi connectivity index (χ1) is 11.2. The Morgan fingerprint density at radius 1 is 1.17 bits per heavy atom. The molecule has 23 heavy (non-hydrogen) atoms. The zero-order valence-corrected chi connectivity index (χ0v) is 13.7. The SMILES string of the molecule is COc1cccc(CN2CCNCC2=O)n1.Cc1ccccc1. The van der Waals surface area contributed by atoms with Crippen molar-refractivity contribution in [2.45, 2.75) is 13.5 Å². The Hall–Kier alpha value is -2.40. The number of nitrogens with zero attached hydrogens (tertiary/aromatic N) is 2. The molecule has 0 spiro atoms. The molecule has 1 aliphatic rings. The second-order valence-corrected chi connectivity index (χ2v) is 5.32. The number of hydrogen-bond donors (Lipinski definition) is 1. The van der Waals surface area contributed by atoms with E-state index in [1.54, 1.807) is 18.1 Å². The maximum absolute atomic E-state index is 11.6. The van der Waals surface area contributed by atoms with Gasteiger partial charge in [0.05, 0.1) is 25.9 Å². The van der Waals surface area contributed by atoms with Crippen LogP contribution in [0.25, 0.3) is 0 Å². The normalized spacial score (nSPS) is 14.0. The van der Waals surface area contributed by atoms with Crippen molar-refractivity contribution in [2.75, 3.05) is 26.7 Å². The Balaban J connectivity index is 0.000000229. The molecule has 0 atom stereocenters. The highest BCUT2D eigenvalue weighted by atomic mass is 16.5. The van der Waals surface area contributed by atoms with Gasteiger partial charge < -0.3 is 15.0 Å². The Morgan fingerprint density at radius 3 is 2.57 bits per heavy atom. The van der Waals surface area contributed by atoms with Gasteiger partial charge >= 0.3 is 0 Å². The topological polar surface area (TPSA) is 54.5 Å². The van der Waals surface area contributed by atoms with E-state index < -0.39 is 0 Å². The van der Waals surface area contributed by atoms with E-state index in [9.17, 15) is 4.79 Å². The molecule has 1 saturated heterocycles. The van der Waals surface area contributed by atoms with Crippen LogP contribution in [-0.4, -0.2) is 42.5 Å². The van der Waals surface area contributed by atoms with Gasteiger partial charge in [-0.05, 0) is 13.0 Å². The van der Waals surface area contributed by atoms with Crippen LogP contribution in [-0.2, 0) is 11.3 Å². The van der Waals surface area contributed by atoms with E-state index >= 15 is 0 Å². The molecule has 0 bridgehead atoms. The Morgan fingerprint density at radius 2 is 1.96 bits per heavy atom. The number of nitrogens with one attached hydrogen (secondary N) is 1. The molecule has 2 aromatic rings. The first kappa shape index (κ1) is 17.0. The molecule has 5 nitrogen and oxygen atoms in total. The lowest BCUT2D eigenvalue weighted by Gasteiger charge is -2.27. The van der Waals surface area contributed by atoms with Crippen LogP contribution in [0.4, 0.5) is 0 Å². The van der Waals surface area contributed by atoms with E-state index in [0.717, 1.165) is 18.8 Å². The van der Waals surface area contributed by atoms with Gasteiger partial charge in [0.15, 0.2) is 0 Å². The lowest BCUT2D eigenvalue weighted by Crippen LogP contribution is -2.47. The van der Waals surface area contributed by atoms with Gasteiger partial charge in [0, 0.05) is 19.2 Å². The van der Waals surface area contributed by atoms with Crippen molar-refractivity contribution < 1.29 is 9.53 Å². The maximum Gasteiger partial charge on any atom is 0.236 e. The summed E-state index contributed by atoms with van der Waals surface area (Å²) in [5, 5.41) is 3.04. The van der Waals surface area contributed by atoms with E-state index in [0.29, 0.717) is 19.0 Å². The molecule has 1 amide bonds. The minimum absolute atomic E-state index is 0.121. The van der Waals surface area contributed by atoms with E-state index in [1.165, 1.54) is 5.56 Å². The van der Waals surface area contributed by atoms with Crippen molar-refractivity contribution in [3.63, 3.8) is 0 Å². The molecule has 1 aromatic heterocycles. The van der Waals surface area contributed by atoms with Crippen LogP contribution in [0.5, 0.6) is 5.88 Å². The third-order valence-corrected chi connectivity index (χ3v) is 3.47. The molecule has 122 valence electrons. The molecule has 3 rings (SSSR count). The van der Waals surface area contributed by atoms with Crippen LogP contribution in [0.3, 0.4) is 0 Å². The second kappa shape index (κ2) is 8.90. The molecule has 0 unspecified atom stereocenters. The third-order valence-electron chi connectivity index (χ3n) is 3.47. The number of benzene rings is 1. The fourth-order valence-corrected chi connectivity index (χ4v) is 2.20. The second-order valence-electron chi connectivity index (χ2n) is 5.32. The van der Waals surface area contributed by atoms with Crippen molar-refractivity contribution in [1.29, 1.82) is 0 Å². The quantitative estimate of drug-likeness (QED) is 0.942. The van der Waals surface area contributed by atoms with Crippen molar-refractivity contribution in [3.05, 3.63) is 59.8 Å². The maximum atomic E-state index is 11.6. The monoisotopic (exact) mass is 313 g/mol. The van der Waals surface area contributed by atoms with Crippen LogP contribution in [0.2, 0.25) is 0 Å². The van der Waals surface area contributed by atoms with E-state index in [2.05, 4.69) is 29.4 Å². The Labute approximate surface area is 137 Å². The Kier molecular flexibility index (Phi) is 6.56. The Bertz CT molecular complexity index is 617. The summed E-state index contributed by atoms with van der Waals surface area (Å²) in [6.45, 7) is 4.63. The number of aryl methyl sites for hydroxylation is 1. The van der Waals surface area contributed by atoms with Crippen molar-refractivity contribution in [3.8, 4) is 5.88 Å². The predicted molar refractivity (Wildman–Crippen MR) is 90.3 cm³/mol. The van der Waals surface area contributed by atoms with Crippen LogP contribution in [0, 0.1) is 6.92 Å². The lowest BCUT2D eigenvalue weighted by atomic mass is 10.2. The van der Waals surface area contributed by atoms with Crippen molar-refractivity contribution in [2.24, 2.45) is 0 Å². The molecular weight excluding hydrogens is 290 g/mol. The number of pyridine rings is 1. The minimum atomic E-state index is 0.121. The number of aromatic nitrogens is 1. The fraction of sp³-hybridized carbons (Fsp3) is 0.333. The number of hydrogen-bond acceptors (Lipinski definition) is 4. The summed E-state index contributed by atoms with van der Waals surface area (Å²) in [6.07, 6.45) is 0. The smallest absolute Gasteiger partial charge is 0.236 e. The van der Waals surface area contributed by atoms with Gasteiger partial charge in [0.25, 0.3) is 0 Å². The summed E-state index contributed by atoms with van der Waals surface area (Å²) in [6, 6.07) is 15.8. The van der Waals surface area contributed by atoms with Gasteiger partial charge in [-0.1, -0.05) is 42.0 Å². The number of methoxy groups -OCH3 is 1. The minimum Gasteiger partial charge on any atom is -0.481 e. The van der Waals surface area contributed by atoms with E-state index in [1.807, 2.05) is 30.3 Å². The molecule has 0 radical (unpaired) electrons. The first-order valence-corrected chi connectivity index (χ1v) is 7.69. The highest BCUT2D eigenvalue weighted by Gasteiger charge is 2.17. The zero-order valence-electron chi connectivity index (χ0n) is 13.7. The number of rotatable bonds is 3. The summed E-state index contributed by atoms with van der Waals surface area (Å²) in [7, 11) is 1.59.